The van der Waals surface area contributed by atoms with Gasteiger partial charge in [-0.3, -0.25) is 14.4 Å². The lowest BCUT2D eigenvalue weighted by molar-refractivity contribution is 0.0941. The second kappa shape index (κ2) is 11.0. The summed E-state index contributed by atoms with van der Waals surface area (Å²) in [5.74, 6) is 1.02. The summed E-state index contributed by atoms with van der Waals surface area (Å²) < 4.78 is 7.63. The Bertz CT molecular complexity index is 1200. The van der Waals surface area contributed by atoms with Crippen LogP contribution in [-0.2, 0) is 26.7 Å². The van der Waals surface area contributed by atoms with Gasteiger partial charge in [0.1, 0.15) is 18.1 Å². The number of amides is 1. The van der Waals surface area contributed by atoms with Crippen molar-refractivity contribution in [3.8, 4) is 5.75 Å². The Morgan fingerprint density at radius 2 is 1.69 bits per heavy atom. The zero-order chi connectivity index (χ0) is 25.1. The number of rotatable bonds is 9. The Hall–Kier alpha value is -2.87. The fourth-order valence-electron chi connectivity index (χ4n) is 4.49. The molecule has 1 N–H and O–H groups in total. The van der Waals surface area contributed by atoms with Gasteiger partial charge in [0.05, 0.1) is 10.7 Å². The zero-order valence-corrected chi connectivity index (χ0v) is 21.8. The van der Waals surface area contributed by atoms with Gasteiger partial charge in [0.15, 0.2) is 0 Å². The SMILES string of the molecule is CN1CCN(Cc2ccc(COc3ccc(CNC(=O)c4cc(C5CC5)nn4C)cc3Cl)cc2)CC1. The minimum atomic E-state index is -0.135. The third kappa shape index (κ3) is 6.27. The van der Waals surface area contributed by atoms with Crippen molar-refractivity contribution in [3.63, 3.8) is 0 Å². The fraction of sp³-hybridized carbons (Fsp3) is 0.429. The third-order valence-corrected chi connectivity index (χ3v) is 7.29. The molecular formula is C28H34ClN5O2. The van der Waals surface area contributed by atoms with Crippen molar-refractivity contribution >= 4 is 17.5 Å². The lowest BCUT2D eigenvalue weighted by atomic mass is 10.1. The maximum absolute atomic E-state index is 12.6. The van der Waals surface area contributed by atoms with Gasteiger partial charge in [0, 0.05) is 52.2 Å². The van der Waals surface area contributed by atoms with Gasteiger partial charge in [-0.2, -0.15) is 5.10 Å². The molecule has 0 bridgehead atoms. The highest BCUT2D eigenvalue weighted by Gasteiger charge is 2.28. The largest absolute Gasteiger partial charge is 0.487 e. The van der Waals surface area contributed by atoms with Crippen LogP contribution in [0.1, 0.15) is 51.6 Å². The van der Waals surface area contributed by atoms with Gasteiger partial charge in [-0.05, 0) is 54.8 Å². The molecule has 0 unspecified atom stereocenters. The van der Waals surface area contributed by atoms with E-state index in [1.807, 2.05) is 31.3 Å². The van der Waals surface area contributed by atoms with Crippen LogP contribution in [0.25, 0.3) is 0 Å². The molecule has 190 valence electrons. The van der Waals surface area contributed by atoms with E-state index >= 15 is 0 Å². The summed E-state index contributed by atoms with van der Waals surface area (Å²) in [6.45, 7) is 6.31. The topological polar surface area (TPSA) is 62.6 Å². The first-order valence-electron chi connectivity index (χ1n) is 12.7. The standard InChI is InChI=1S/C28H34ClN5O2/c1-32-11-13-34(14-12-32)18-20-3-5-21(6-4-20)19-36-27-10-7-22(15-24(27)29)17-30-28(35)26-16-25(23-8-9-23)31-33(26)2/h3-7,10,15-16,23H,8-9,11-14,17-19H2,1-2H3,(H,30,35). The first-order chi connectivity index (χ1) is 17.4. The number of hydrogen-bond acceptors (Lipinski definition) is 5. The van der Waals surface area contributed by atoms with Gasteiger partial charge in [0.25, 0.3) is 5.91 Å². The molecular weight excluding hydrogens is 474 g/mol. The van der Waals surface area contributed by atoms with Crippen LogP contribution < -0.4 is 10.1 Å². The predicted octanol–water partition coefficient (Wildman–Crippen LogP) is 4.21. The van der Waals surface area contributed by atoms with Crippen molar-refractivity contribution in [2.24, 2.45) is 7.05 Å². The highest BCUT2D eigenvalue weighted by molar-refractivity contribution is 6.32. The van der Waals surface area contributed by atoms with E-state index in [4.69, 9.17) is 16.3 Å². The molecule has 36 heavy (non-hydrogen) atoms. The van der Waals surface area contributed by atoms with Crippen LogP contribution in [0.4, 0.5) is 0 Å². The molecule has 2 aromatic carbocycles. The molecule has 1 aromatic heterocycles. The smallest absolute Gasteiger partial charge is 0.269 e. The summed E-state index contributed by atoms with van der Waals surface area (Å²) in [5, 5.41) is 7.96. The highest BCUT2D eigenvalue weighted by Crippen LogP contribution is 2.39. The van der Waals surface area contributed by atoms with Crippen LogP contribution in [-0.4, -0.2) is 58.7 Å². The van der Waals surface area contributed by atoms with E-state index < -0.39 is 0 Å². The summed E-state index contributed by atoms with van der Waals surface area (Å²) in [4.78, 5) is 17.5. The monoisotopic (exact) mass is 507 g/mol. The zero-order valence-electron chi connectivity index (χ0n) is 21.0. The van der Waals surface area contributed by atoms with Crippen molar-refractivity contribution in [2.75, 3.05) is 33.2 Å². The number of ether oxygens (including phenoxy) is 1. The lowest BCUT2D eigenvalue weighted by Gasteiger charge is -2.32. The molecule has 1 amide bonds. The maximum Gasteiger partial charge on any atom is 0.269 e. The summed E-state index contributed by atoms with van der Waals surface area (Å²) in [6, 6.07) is 16.1. The highest BCUT2D eigenvalue weighted by atomic mass is 35.5. The van der Waals surface area contributed by atoms with Gasteiger partial charge in [-0.15, -0.1) is 0 Å². The van der Waals surface area contributed by atoms with E-state index in [2.05, 4.69) is 51.5 Å². The second-order valence-corrected chi connectivity index (χ2v) is 10.4. The molecule has 8 heteroatoms. The van der Waals surface area contributed by atoms with Crippen LogP contribution in [0.3, 0.4) is 0 Å². The van der Waals surface area contributed by atoms with E-state index in [9.17, 15) is 4.79 Å². The average Bonchev–Trinajstić information content (AvgIpc) is 3.66. The maximum atomic E-state index is 12.6. The first-order valence-corrected chi connectivity index (χ1v) is 13.0. The molecule has 2 fully saturated rings. The number of halogens is 1. The normalized spacial score (nSPS) is 16.8. The summed E-state index contributed by atoms with van der Waals surface area (Å²) in [5.41, 5.74) is 4.93. The van der Waals surface area contributed by atoms with Crippen LogP contribution in [0, 0.1) is 0 Å². The molecule has 2 heterocycles. The minimum absolute atomic E-state index is 0.135. The van der Waals surface area contributed by atoms with Gasteiger partial charge in [-0.1, -0.05) is 41.9 Å². The number of hydrogen-bond donors (Lipinski definition) is 1. The molecule has 1 aliphatic heterocycles. The molecule has 7 nitrogen and oxygen atoms in total. The molecule has 0 radical (unpaired) electrons. The number of aromatic nitrogens is 2. The molecule has 1 saturated heterocycles. The summed E-state index contributed by atoms with van der Waals surface area (Å²) in [7, 11) is 3.99. The molecule has 0 atom stereocenters. The van der Waals surface area contributed by atoms with Crippen LogP contribution in [0.15, 0.2) is 48.5 Å². The number of carbonyl (C=O) groups excluding carboxylic acids is 1. The van der Waals surface area contributed by atoms with Crippen LogP contribution >= 0.6 is 11.6 Å². The van der Waals surface area contributed by atoms with E-state index in [1.54, 1.807) is 4.68 Å². The average molecular weight is 508 g/mol. The van der Waals surface area contributed by atoms with Crippen LogP contribution in [0.5, 0.6) is 5.75 Å². The van der Waals surface area contributed by atoms with Crippen LogP contribution in [0.2, 0.25) is 5.02 Å². The van der Waals surface area contributed by atoms with Crippen molar-refractivity contribution in [1.29, 1.82) is 0 Å². The first kappa shape index (κ1) is 24.8. The molecule has 5 rings (SSSR count). The van der Waals surface area contributed by atoms with E-state index in [0.717, 1.165) is 62.4 Å². The molecule has 3 aromatic rings. The number of benzene rings is 2. The fourth-order valence-corrected chi connectivity index (χ4v) is 4.75. The molecule has 1 saturated carbocycles. The van der Waals surface area contributed by atoms with Crippen molar-refractivity contribution in [3.05, 3.63) is 81.6 Å². The summed E-state index contributed by atoms with van der Waals surface area (Å²) in [6.07, 6.45) is 2.32. The Balaban J connectivity index is 1.10. The Kier molecular flexibility index (Phi) is 7.60. The predicted molar refractivity (Wildman–Crippen MR) is 141 cm³/mol. The van der Waals surface area contributed by atoms with Gasteiger partial charge in [0.2, 0.25) is 0 Å². The molecule has 1 aliphatic carbocycles. The second-order valence-electron chi connectivity index (χ2n) is 9.98. The number of likely N-dealkylation sites (N-methyl/N-ethyl adjacent to an activating group) is 1. The van der Waals surface area contributed by atoms with E-state index in [-0.39, 0.29) is 5.91 Å². The van der Waals surface area contributed by atoms with E-state index in [0.29, 0.717) is 35.5 Å². The Labute approximate surface area is 218 Å². The minimum Gasteiger partial charge on any atom is -0.487 e. The quantitative estimate of drug-likeness (QED) is 0.470. The van der Waals surface area contributed by atoms with Gasteiger partial charge in [-0.25, -0.2) is 0 Å². The molecule has 0 spiro atoms. The lowest BCUT2D eigenvalue weighted by Crippen LogP contribution is -2.43. The van der Waals surface area contributed by atoms with Crippen molar-refractivity contribution < 1.29 is 9.53 Å². The van der Waals surface area contributed by atoms with Gasteiger partial charge >= 0.3 is 0 Å². The number of nitrogens with zero attached hydrogens (tertiary/aromatic N) is 4. The third-order valence-electron chi connectivity index (χ3n) is 7.00. The summed E-state index contributed by atoms with van der Waals surface area (Å²) >= 11 is 6.48. The number of aryl methyl sites for hydroxylation is 1. The van der Waals surface area contributed by atoms with Crippen molar-refractivity contribution in [1.82, 2.24) is 24.9 Å². The van der Waals surface area contributed by atoms with Gasteiger partial charge < -0.3 is 15.0 Å². The number of nitrogens with one attached hydrogen (secondary N) is 1. The number of piperazine rings is 1. The number of carbonyl (C=O) groups is 1. The Morgan fingerprint density at radius 1 is 1.00 bits per heavy atom. The molecule has 2 aliphatic rings. The Morgan fingerprint density at radius 3 is 2.39 bits per heavy atom. The van der Waals surface area contributed by atoms with Crippen molar-refractivity contribution in [2.45, 2.75) is 38.5 Å². The van der Waals surface area contributed by atoms with E-state index in [1.165, 1.54) is 5.56 Å².